The molecule has 0 atom stereocenters. The molecule has 7 heteroatoms. The van der Waals surface area contributed by atoms with Crippen LogP contribution in [0.5, 0.6) is 5.75 Å². The lowest BCUT2D eigenvalue weighted by molar-refractivity contribution is 0.473. The van der Waals surface area contributed by atoms with Crippen molar-refractivity contribution in [3.8, 4) is 5.75 Å². The maximum absolute atomic E-state index is 9.62. The van der Waals surface area contributed by atoms with Gasteiger partial charge in [0.25, 0.3) is 0 Å². The molecule has 6 nitrogen and oxygen atoms in total. The Morgan fingerprint density at radius 1 is 1.21 bits per heavy atom. The van der Waals surface area contributed by atoms with Gasteiger partial charge in [-0.15, -0.1) is 10.2 Å². The van der Waals surface area contributed by atoms with E-state index in [-0.39, 0.29) is 5.75 Å². The van der Waals surface area contributed by atoms with Crippen molar-refractivity contribution < 1.29 is 5.11 Å². The Hall–Kier alpha value is -2.28. The van der Waals surface area contributed by atoms with Gasteiger partial charge in [-0.05, 0) is 31.9 Å². The van der Waals surface area contributed by atoms with Crippen molar-refractivity contribution >= 4 is 33.3 Å². The van der Waals surface area contributed by atoms with E-state index in [4.69, 9.17) is 0 Å². The van der Waals surface area contributed by atoms with Gasteiger partial charge in [0.05, 0.1) is 17.2 Å². The summed E-state index contributed by atoms with van der Waals surface area (Å²) in [5.41, 5.74) is 1.43. The lowest BCUT2D eigenvalue weighted by atomic mass is 10.1. The molecule has 1 aliphatic carbocycles. The Labute approximate surface area is 144 Å². The van der Waals surface area contributed by atoms with Crippen molar-refractivity contribution in [2.24, 2.45) is 0 Å². The molecule has 24 heavy (non-hydrogen) atoms. The Kier molecular flexibility index (Phi) is 4.02. The molecule has 3 aromatic heterocycles. The molecular formula is C17H19N5OS. The molecule has 124 valence electrons. The molecule has 1 saturated carbocycles. The maximum Gasteiger partial charge on any atom is 0.213 e. The first kappa shape index (κ1) is 15.3. The summed E-state index contributed by atoms with van der Waals surface area (Å²) >= 11 is 1.66. The Balaban J connectivity index is 1.67. The zero-order valence-electron chi connectivity index (χ0n) is 13.5. The third kappa shape index (κ3) is 2.80. The first-order chi connectivity index (χ1) is 11.7. The van der Waals surface area contributed by atoms with Gasteiger partial charge in [-0.1, -0.05) is 24.2 Å². The molecule has 1 N–H and O–H groups in total. The van der Waals surface area contributed by atoms with E-state index in [2.05, 4.69) is 32.0 Å². The third-order valence-electron chi connectivity index (χ3n) is 4.47. The average Bonchev–Trinajstić information content (AvgIpc) is 3.26. The second-order valence-electron chi connectivity index (χ2n) is 6.05. The molecule has 0 saturated heterocycles. The molecule has 4 rings (SSSR count). The summed E-state index contributed by atoms with van der Waals surface area (Å²) in [5.74, 6) is 1.49. The molecular weight excluding hydrogens is 322 g/mol. The molecule has 0 aliphatic heterocycles. The Morgan fingerprint density at radius 2 is 2.04 bits per heavy atom. The van der Waals surface area contributed by atoms with Crippen molar-refractivity contribution in [2.75, 3.05) is 11.4 Å². The van der Waals surface area contributed by atoms with Crippen molar-refractivity contribution in [2.45, 2.75) is 38.5 Å². The van der Waals surface area contributed by atoms with Gasteiger partial charge in [-0.2, -0.15) is 0 Å². The lowest BCUT2D eigenvalue weighted by Gasteiger charge is -2.18. The first-order valence-electron chi connectivity index (χ1n) is 8.31. The Morgan fingerprint density at radius 3 is 2.83 bits per heavy atom. The van der Waals surface area contributed by atoms with E-state index in [1.54, 1.807) is 17.4 Å². The Bertz CT molecular complexity index is 859. The largest absolute Gasteiger partial charge is 0.506 e. The van der Waals surface area contributed by atoms with Crippen molar-refractivity contribution in [1.82, 2.24) is 20.2 Å². The highest BCUT2D eigenvalue weighted by Crippen LogP contribution is 2.38. The number of hydrogen-bond acceptors (Lipinski definition) is 7. The number of fused-ring (bicyclic) bond motifs is 1. The van der Waals surface area contributed by atoms with Gasteiger partial charge < -0.3 is 10.0 Å². The van der Waals surface area contributed by atoms with Crippen molar-refractivity contribution in [3.63, 3.8) is 0 Å². The van der Waals surface area contributed by atoms with Crippen LogP contribution in [0.1, 0.15) is 43.5 Å². The average molecular weight is 341 g/mol. The quantitative estimate of drug-likeness (QED) is 0.773. The van der Waals surface area contributed by atoms with E-state index in [1.807, 2.05) is 12.1 Å². The summed E-state index contributed by atoms with van der Waals surface area (Å²) in [5, 5.41) is 20.4. The monoisotopic (exact) mass is 341 g/mol. The van der Waals surface area contributed by atoms with E-state index in [0.717, 1.165) is 28.0 Å². The maximum atomic E-state index is 9.62. The smallest absolute Gasteiger partial charge is 0.213 e. The molecule has 1 aliphatic rings. The van der Waals surface area contributed by atoms with E-state index < -0.39 is 0 Å². The molecule has 0 bridgehead atoms. The minimum absolute atomic E-state index is 0.120. The predicted octanol–water partition coefficient (Wildman–Crippen LogP) is 4.00. The van der Waals surface area contributed by atoms with Gasteiger partial charge in [0.15, 0.2) is 0 Å². The lowest BCUT2D eigenvalue weighted by Crippen LogP contribution is -2.17. The van der Waals surface area contributed by atoms with Crippen LogP contribution in [0.2, 0.25) is 0 Å². The van der Waals surface area contributed by atoms with Gasteiger partial charge in [0, 0.05) is 18.5 Å². The van der Waals surface area contributed by atoms with Gasteiger partial charge >= 0.3 is 0 Å². The SMILES string of the molecule is CCN(c1ccc2ncc(O)cc2n1)c1nnc(C2CCCC2)s1. The molecule has 0 spiro atoms. The molecule has 3 heterocycles. The highest BCUT2D eigenvalue weighted by atomic mass is 32.1. The van der Waals surface area contributed by atoms with Gasteiger partial charge in [0.2, 0.25) is 5.13 Å². The third-order valence-corrected chi connectivity index (χ3v) is 5.58. The topological polar surface area (TPSA) is 75.0 Å². The summed E-state index contributed by atoms with van der Waals surface area (Å²) in [6, 6.07) is 5.48. The zero-order chi connectivity index (χ0) is 16.5. The minimum Gasteiger partial charge on any atom is -0.506 e. The minimum atomic E-state index is 0.120. The summed E-state index contributed by atoms with van der Waals surface area (Å²) in [6.45, 7) is 2.83. The van der Waals surface area contributed by atoms with Crippen molar-refractivity contribution in [3.05, 3.63) is 29.4 Å². The number of pyridine rings is 2. The number of aromatic hydroxyl groups is 1. The van der Waals surface area contributed by atoms with Gasteiger partial charge in [-0.25, -0.2) is 4.98 Å². The zero-order valence-corrected chi connectivity index (χ0v) is 14.3. The molecule has 3 aromatic rings. The van der Waals surface area contributed by atoms with Gasteiger partial charge in [0.1, 0.15) is 16.6 Å². The fraction of sp³-hybridized carbons (Fsp3) is 0.412. The van der Waals surface area contributed by atoms with Crippen LogP contribution in [0.3, 0.4) is 0 Å². The molecule has 0 amide bonds. The van der Waals surface area contributed by atoms with Crippen LogP contribution in [0.25, 0.3) is 11.0 Å². The number of anilines is 2. The standard InChI is InChI=1S/C17H19N5OS/c1-2-22(17-21-20-16(24-17)11-5-3-4-6-11)15-8-7-13-14(19-15)9-12(23)10-18-13/h7-11,23H,2-6H2,1H3. The number of nitrogens with zero attached hydrogens (tertiary/aromatic N) is 5. The van der Waals surface area contributed by atoms with E-state index >= 15 is 0 Å². The summed E-state index contributed by atoms with van der Waals surface area (Å²) in [6.07, 6.45) is 6.46. The molecule has 0 unspecified atom stereocenters. The van der Waals surface area contributed by atoms with Crippen LogP contribution >= 0.6 is 11.3 Å². The summed E-state index contributed by atoms with van der Waals surface area (Å²) in [4.78, 5) is 10.9. The van der Waals surface area contributed by atoms with E-state index in [0.29, 0.717) is 11.4 Å². The summed E-state index contributed by atoms with van der Waals surface area (Å²) < 4.78 is 0. The van der Waals surface area contributed by atoms with Crippen LogP contribution in [0, 0.1) is 0 Å². The van der Waals surface area contributed by atoms with Crippen LogP contribution < -0.4 is 4.90 Å². The second-order valence-corrected chi connectivity index (χ2v) is 7.04. The highest BCUT2D eigenvalue weighted by molar-refractivity contribution is 7.15. The van der Waals surface area contributed by atoms with Crippen LogP contribution in [0.15, 0.2) is 24.4 Å². The van der Waals surface area contributed by atoms with Gasteiger partial charge in [-0.3, -0.25) is 4.98 Å². The van der Waals surface area contributed by atoms with Crippen LogP contribution in [0.4, 0.5) is 10.9 Å². The van der Waals surface area contributed by atoms with E-state index in [9.17, 15) is 5.11 Å². The van der Waals surface area contributed by atoms with Crippen LogP contribution in [-0.4, -0.2) is 31.8 Å². The number of hydrogen-bond donors (Lipinski definition) is 1. The van der Waals surface area contributed by atoms with Crippen molar-refractivity contribution in [1.29, 1.82) is 0 Å². The molecule has 0 radical (unpaired) electrons. The number of aromatic nitrogens is 4. The first-order valence-corrected chi connectivity index (χ1v) is 9.13. The van der Waals surface area contributed by atoms with Crippen LogP contribution in [-0.2, 0) is 0 Å². The normalized spacial score (nSPS) is 15.2. The predicted molar refractivity (Wildman–Crippen MR) is 95.0 cm³/mol. The summed E-state index contributed by atoms with van der Waals surface area (Å²) in [7, 11) is 0. The molecule has 1 fully saturated rings. The number of rotatable bonds is 4. The fourth-order valence-electron chi connectivity index (χ4n) is 3.20. The molecule has 0 aromatic carbocycles. The van der Waals surface area contributed by atoms with E-state index in [1.165, 1.54) is 31.9 Å². The fourth-order valence-corrected chi connectivity index (χ4v) is 4.29. The second kappa shape index (κ2) is 6.32. The highest BCUT2D eigenvalue weighted by Gasteiger charge is 2.23.